The number of nitrogens with one attached hydrogen (secondary N) is 1. The third-order valence-electron chi connectivity index (χ3n) is 3.12. The maximum absolute atomic E-state index is 14.0. The minimum Gasteiger partial charge on any atom is -0.496 e. The third kappa shape index (κ3) is 3.09. The van der Waals surface area contributed by atoms with Crippen molar-refractivity contribution in [3.8, 4) is 5.75 Å². The molecule has 0 bridgehead atoms. The number of rotatable bonds is 5. The zero-order valence-electron chi connectivity index (χ0n) is 11.1. The predicted octanol–water partition coefficient (Wildman–Crippen LogP) is 2.73. The van der Waals surface area contributed by atoms with Crippen LogP contribution < -0.4 is 10.1 Å². The van der Waals surface area contributed by atoms with E-state index >= 15 is 0 Å². The van der Waals surface area contributed by atoms with E-state index in [1.807, 2.05) is 19.2 Å². The molecule has 0 fully saturated rings. The van der Waals surface area contributed by atoms with Gasteiger partial charge in [0.1, 0.15) is 11.6 Å². The van der Waals surface area contributed by atoms with Crippen LogP contribution >= 0.6 is 0 Å². The van der Waals surface area contributed by atoms with Crippen LogP contribution in [-0.4, -0.2) is 19.1 Å². The molecule has 0 saturated carbocycles. The first-order valence-corrected chi connectivity index (χ1v) is 6.14. The van der Waals surface area contributed by atoms with Gasteiger partial charge in [0.2, 0.25) is 0 Å². The van der Waals surface area contributed by atoms with Crippen LogP contribution in [-0.2, 0) is 6.42 Å². The van der Waals surface area contributed by atoms with Crippen LogP contribution in [0, 0.1) is 5.82 Å². The number of hydrogen-bond donors (Lipinski definition) is 1. The van der Waals surface area contributed by atoms with Gasteiger partial charge in [-0.2, -0.15) is 0 Å². The maximum atomic E-state index is 14.0. The highest BCUT2D eigenvalue weighted by molar-refractivity contribution is 5.38. The summed E-state index contributed by atoms with van der Waals surface area (Å²) in [7, 11) is 3.37. The molecule has 19 heavy (non-hydrogen) atoms. The summed E-state index contributed by atoms with van der Waals surface area (Å²) in [6.45, 7) is 0. The summed E-state index contributed by atoms with van der Waals surface area (Å²) < 4.78 is 19.3. The Morgan fingerprint density at radius 2 is 2.00 bits per heavy atom. The Morgan fingerprint density at radius 3 is 2.63 bits per heavy atom. The van der Waals surface area contributed by atoms with Gasteiger partial charge in [-0.05, 0) is 43.3 Å². The van der Waals surface area contributed by atoms with Crippen molar-refractivity contribution in [2.75, 3.05) is 14.2 Å². The van der Waals surface area contributed by atoms with Crippen LogP contribution in [0.2, 0.25) is 0 Å². The minimum atomic E-state index is -0.257. The Bertz CT molecular complexity index is 531. The van der Waals surface area contributed by atoms with Crippen molar-refractivity contribution in [2.24, 2.45) is 0 Å². The number of nitrogens with zero attached hydrogens (tertiary/aromatic N) is 1. The molecular formula is C15H17FN2O. The van der Waals surface area contributed by atoms with E-state index in [1.165, 1.54) is 6.07 Å². The number of methoxy groups -OCH3 is 1. The van der Waals surface area contributed by atoms with Gasteiger partial charge < -0.3 is 10.1 Å². The van der Waals surface area contributed by atoms with Crippen molar-refractivity contribution in [1.29, 1.82) is 0 Å². The van der Waals surface area contributed by atoms with E-state index < -0.39 is 0 Å². The van der Waals surface area contributed by atoms with Crippen LogP contribution in [0.4, 0.5) is 4.39 Å². The highest BCUT2D eigenvalue weighted by atomic mass is 19.1. The lowest BCUT2D eigenvalue weighted by Gasteiger charge is -2.20. The highest BCUT2D eigenvalue weighted by Gasteiger charge is 2.19. The Labute approximate surface area is 112 Å². The average Bonchev–Trinajstić information content (AvgIpc) is 2.46. The van der Waals surface area contributed by atoms with Gasteiger partial charge >= 0.3 is 0 Å². The molecule has 2 aromatic rings. The van der Waals surface area contributed by atoms with Gasteiger partial charge in [-0.3, -0.25) is 4.98 Å². The van der Waals surface area contributed by atoms with Crippen molar-refractivity contribution in [3.63, 3.8) is 0 Å². The number of benzene rings is 1. The standard InChI is InChI=1S/C15H17FN2O/c1-17-13(10-11-6-8-18-9-7-11)15-12(16)4-3-5-14(15)19-2/h3-9,13,17H,10H2,1-2H3. The molecule has 1 heterocycles. The van der Waals surface area contributed by atoms with Crippen LogP contribution in [0.3, 0.4) is 0 Å². The van der Waals surface area contributed by atoms with E-state index in [-0.39, 0.29) is 11.9 Å². The zero-order chi connectivity index (χ0) is 13.7. The zero-order valence-corrected chi connectivity index (χ0v) is 11.1. The average molecular weight is 260 g/mol. The normalized spacial score (nSPS) is 12.2. The number of ether oxygens (including phenoxy) is 1. The topological polar surface area (TPSA) is 34.2 Å². The summed E-state index contributed by atoms with van der Waals surface area (Å²) in [4.78, 5) is 3.98. The first-order chi connectivity index (χ1) is 9.26. The SMILES string of the molecule is CNC(Cc1ccncc1)c1c(F)cccc1OC. The first kappa shape index (κ1) is 13.5. The molecule has 100 valence electrons. The Morgan fingerprint density at radius 1 is 1.26 bits per heavy atom. The van der Waals surface area contributed by atoms with Crippen molar-refractivity contribution in [2.45, 2.75) is 12.5 Å². The van der Waals surface area contributed by atoms with Crippen LogP contribution in [0.1, 0.15) is 17.2 Å². The quantitative estimate of drug-likeness (QED) is 0.897. The van der Waals surface area contributed by atoms with Gasteiger partial charge in [0.15, 0.2) is 0 Å². The second-order valence-corrected chi connectivity index (χ2v) is 4.26. The van der Waals surface area contributed by atoms with Crippen molar-refractivity contribution >= 4 is 0 Å². The lowest BCUT2D eigenvalue weighted by atomic mass is 9.98. The lowest BCUT2D eigenvalue weighted by molar-refractivity contribution is 0.393. The molecule has 1 unspecified atom stereocenters. The van der Waals surface area contributed by atoms with E-state index in [9.17, 15) is 4.39 Å². The molecule has 2 rings (SSSR count). The van der Waals surface area contributed by atoms with E-state index in [0.29, 0.717) is 17.7 Å². The van der Waals surface area contributed by atoms with Gasteiger partial charge in [-0.25, -0.2) is 4.39 Å². The summed E-state index contributed by atoms with van der Waals surface area (Å²) in [6, 6.07) is 8.59. The molecule has 0 saturated heterocycles. The van der Waals surface area contributed by atoms with Crippen LogP contribution in [0.5, 0.6) is 5.75 Å². The number of pyridine rings is 1. The molecule has 0 radical (unpaired) electrons. The maximum Gasteiger partial charge on any atom is 0.131 e. The summed E-state index contributed by atoms with van der Waals surface area (Å²) in [5.41, 5.74) is 1.66. The van der Waals surface area contributed by atoms with Gasteiger partial charge in [-0.1, -0.05) is 6.07 Å². The van der Waals surface area contributed by atoms with Crippen LogP contribution in [0.15, 0.2) is 42.7 Å². The first-order valence-electron chi connectivity index (χ1n) is 6.14. The molecule has 1 aromatic carbocycles. The minimum absolute atomic E-state index is 0.140. The summed E-state index contributed by atoms with van der Waals surface area (Å²) >= 11 is 0. The number of hydrogen-bond acceptors (Lipinski definition) is 3. The highest BCUT2D eigenvalue weighted by Crippen LogP contribution is 2.29. The predicted molar refractivity (Wildman–Crippen MR) is 72.7 cm³/mol. The van der Waals surface area contributed by atoms with Crippen LogP contribution in [0.25, 0.3) is 0 Å². The fourth-order valence-electron chi connectivity index (χ4n) is 2.14. The van der Waals surface area contributed by atoms with Gasteiger partial charge in [0.25, 0.3) is 0 Å². The van der Waals surface area contributed by atoms with Crippen molar-refractivity contribution < 1.29 is 9.13 Å². The smallest absolute Gasteiger partial charge is 0.131 e. The van der Waals surface area contributed by atoms with E-state index in [4.69, 9.17) is 4.74 Å². The van der Waals surface area contributed by atoms with E-state index in [0.717, 1.165) is 5.56 Å². The summed E-state index contributed by atoms with van der Waals surface area (Å²) in [6.07, 6.45) is 4.15. The van der Waals surface area contributed by atoms with E-state index in [2.05, 4.69) is 10.3 Å². The largest absolute Gasteiger partial charge is 0.496 e. The Hall–Kier alpha value is -1.94. The second kappa shape index (κ2) is 6.29. The second-order valence-electron chi connectivity index (χ2n) is 4.26. The molecule has 0 aliphatic heterocycles. The van der Waals surface area contributed by atoms with E-state index in [1.54, 1.807) is 31.6 Å². The van der Waals surface area contributed by atoms with Gasteiger partial charge in [0, 0.05) is 24.0 Å². The molecule has 3 nitrogen and oxygen atoms in total. The lowest BCUT2D eigenvalue weighted by Crippen LogP contribution is -2.21. The van der Waals surface area contributed by atoms with Gasteiger partial charge in [-0.15, -0.1) is 0 Å². The fraction of sp³-hybridized carbons (Fsp3) is 0.267. The molecule has 4 heteroatoms. The molecule has 0 spiro atoms. The number of aromatic nitrogens is 1. The molecule has 1 aromatic heterocycles. The molecule has 1 atom stereocenters. The monoisotopic (exact) mass is 260 g/mol. The number of likely N-dealkylation sites (N-methyl/N-ethyl adjacent to an activating group) is 1. The van der Waals surface area contributed by atoms with Gasteiger partial charge in [0.05, 0.1) is 7.11 Å². The Kier molecular flexibility index (Phi) is 4.47. The number of halogens is 1. The molecule has 0 aliphatic carbocycles. The third-order valence-corrected chi connectivity index (χ3v) is 3.12. The molecule has 0 amide bonds. The Balaban J connectivity index is 2.32. The summed E-state index contributed by atoms with van der Waals surface area (Å²) in [5, 5.41) is 3.14. The van der Waals surface area contributed by atoms with Crippen molar-refractivity contribution in [3.05, 3.63) is 59.7 Å². The fourth-order valence-corrected chi connectivity index (χ4v) is 2.14. The summed E-state index contributed by atoms with van der Waals surface area (Å²) in [5.74, 6) is 0.307. The molecular weight excluding hydrogens is 243 g/mol. The van der Waals surface area contributed by atoms with Crippen molar-refractivity contribution in [1.82, 2.24) is 10.3 Å². The molecule has 1 N–H and O–H groups in total. The molecule has 0 aliphatic rings.